The minimum absolute atomic E-state index is 0.365. The molecular weight excluding hydrogens is 302 g/mol. The fourth-order valence-electron chi connectivity index (χ4n) is 3.15. The van der Waals surface area contributed by atoms with Crippen LogP contribution in [-0.2, 0) is 0 Å². The molecule has 4 rings (SSSR count). The molecule has 2 aromatic heterocycles. The van der Waals surface area contributed by atoms with Crippen LogP contribution in [0.5, 0.6) is 0 Å². The molecule has 1 unspecified atom stereocenters. The van der Waals surface area contributed by atoms with Crippen molar-refractivity contribution in [2.75, 3.05) is 5.32 Å². The molecule has 0 radical (unpaired) electrons. The summed E-state index contributed by atoms with van der Waals surface area (Å²) in [6, 6.07) is 12.0. The van der Waals surface area contributed by atoms with E-state index in [0.717, 1.165) is 24.2 Å². The lowest BCUT2D eigenvalue weighted by Gasteiger charge is -2.13. The lowest BCUT2D eigenvalue weighted by molar-refractivity contribution is 0.525. The average Bonchev–Trinajstić information content (AvgIpc) is 3.25. The van der Waals surface area contributed by atoms with Gasteiger partial charge in [-0.25, -0.2) is 15.0 Å². The Labute approximate surface area is 139 Å². The van der Waals surface area contributed by atoms with Gasteiger partial charge < -0.3 is 9.73 Å². The van der Waals surface area contributed by atoms with E-state index in [1.807, 2.05) is 30.3 Å². The molecule has 0 saturated heterocycles. The summed E-state index contributed by atoms with van der Waals surface area (Å²) in [5.41, 5.74) is 2.01. The van der Waals surface area contributed by atoms with Crippen molar-refractivity contribution < 1.29 is 4.42 Å². The highest BCUT2D eigenvalue weighted by molar-refractivity contribution is 5.72. The van der Waals surface area contributed by atoms with Gasteiger partial charge in [-0.15, -0.1) is 0 Å². The van der Waals surface area contributed by atoms with Crippen LogP contribution in [-0.4, -0.2) is 21.0 Å². The van der Waals surface area contributed by atoms with E-state index in [1.165, 1.54) is 19.2 Å². The summed E-state index contributed by atoms with van der Waals surface area (Å²) in [6.45, 7) is 0. The average molecular weight is 319 g/mol. The van der Waals surface area contributed by atoms with Crippen molar-refractivity contribution in [1.29, 1.82) is 5.26 Å². The third kappa shape index (κ3) is 2.81. The standard InChI is InChI=1S/C18H17N5O/c19-10-13(18-23-14-7-3-4-8-16(14)24-18)15-9-17(21-11-20-15)22-12-5-1-2-6-12/h3-4,7-9,11-13H,1-2,5-6H2,(H,20,21,22). The van der Waals surface area contributed by atoms with Gasteiger partial charge in [0, 0.05) is 12.1 Å². The van der Waals surface area contributed by atoms with Crippen molar-refractivity contribution in [2.45, 2.75) is 37.6 Å². The number of hydrogen-bond acceptors (Lipinski definition) is 6. The number of aromatic nitrogens is 3. The second kappa shape index (κ2) is 6.28. The number of nitrogens with one attached hydrogen (secondary N) is 1. The summed E-state index contributed by atoms with van der Waals surface area (Å²) in [6.07, 6.45) is 6.30. The van der Waals surface area contributed by atoms with E-state index in [9.17, 15) is 5.26 Å². The van der Waals surface area contributed by atoms with Gasteiger partial charge in [0.15, 0.2) is 11.5 Å². The lowest BCUT2D eigenvalue weighted by atomic mass is 10.1. The Bertz CT molecular complexity index is 859. The molecule has 6 nitrogen and oxygen atoms in total. The quantitative estimate of drug-likeness (QED) is 0.790. The van der Waals surface area contributed by atoms with Crippen LogP contribution in [0.2, 0.25) is 0 Å². The molecule has 1 fully saturated rings. The third-order valence-electron chi connectivity index (χ3n) is 4.38. The van der Waals surface area contributed by atoms with Crippen LogP contribution in [0.4, 0.5) is 5.82 Å². The first-order chi connectivity index (χ1) is 11.8. The van der Waals surface area contributed by atoms with Crippen molar-refractivity contribution in [3.05, 3.63) is 48.2 Å². The SMILES string of the molecule is N#CC(c1cc(NC2CCCC2)ncn1)c1nc2ccccc2o1. The minimum Gasteiger partial charge on any atom is -0.439 e. The molecule has 0 bridgehead atoms. The Morgan fingerprint density at radius 3 is 2.83 bits per heavy atom. The predicted molar refractivity (Wildman–Crippen MR) is 89.4 cm³/mol. The van der Waals surface area contributed by atoms with E-state index in [4.69, 9.17) is 4.42 Å². The van der Waals surface area contributed by atoms with E-state index in [1.54, 1.807) is 0 Å². The topological polar surface area (TPSA) is 87.6 Å². The maximum atomic E-state index is 9.60. The van der Waals surface area contributed by atoms with Crippen molar-refractivity contribution >= 4 is 16.9 Å². The number of rotatable bonds is 4. The summed E-state index contributed by atoms with van der Waals surface area (Å²) in [5, 5.41) is 13.0. The van der Waals surface area contributed by atoms with Gasteiger partial charge in [0.1, 0.15) is 17.7 Å². The number of para-hydroxylation sites is 2. The molecule has 1 atom stereocenters. The smallest absolute Gasteiger partial charge is 0.219 e. The zero-order valence-electron chi connectivity index (χ0n) is 13.1. The molecule has 120 valence electrons. The molecule has 0 amide bonds. The van der Waals surface area contributed by atoms with E-state index >= 15 is 0 Å². The normalized spacial score (nSPS) is 16.1. The largest absolute Gasteiger partial charge is 0.439 e. The lowest BCUT2D eigenvalue weighted by Crippen LogP contribution is -2.16. The van der Waals surface area contributed by atoms with Gasteiger partial charge in [-0.3, -0.25) is 0 Å². The summed E-state index contributed by atoms with van der Waals surface area (Å²) in [7, 11) is 0. The summed E-state index contributed by atoms with van der Waals surface area (Å²) < 4.78 is 5.73. The maximum absolute atomic E-state index is 9.60. The van der Waals surface area contributed by atoms with E-state index in [0.29, 0.717) is 23.2 Å². The van der Waals surface area contributed by atoms with Crippen LogP contribution in [0.15, 0.2) is 41.1 Å². The zero-order chi connectivity index (χ0) is 16.4. The van der Waals surface area contributed by atoms with Gasteiger partial charge in [0.25, 0.3) is 0 Å². The number of nitrogens with zero attached hydrogens (tertiary/aromatic N) is 4. The van der Waals surface area contributed by atoms with Gasteiger partial charge in [0.05, 0.1) is 11.8 Å². The van der Waals surface area contributed by atoms with Crippen molar-refractivity contribution in [3.63, 3.8) is 0 Å². The van der Waals surface area contributed by atoms with Crippen molar-refractivity contribution in [1.82, 2.24) is 15.0 Å². The van der Waals surface area contributed by atoms with E-state index < -0.39 is 5.92 Å². The number of anilines is 1. The number of fused-ring (bicyclic) bond motifs is 1. The number of oxazole rings is 1. The van der Waals surface area contributed by atoms with Gasteiger partial charge >= 0.3 is 0 Å². The minimum atomic E-state index is -0.649. The summed E-state index contributed by atoms with van der Waals surface area (Å²) in [5.74, 6) is 0.469. The van der Waals surface area contributed by atoms with Crippen LogP contribution >= 0.6 is 0 Å². The Balaban J connectivity index is 1.63. The molecule has 0 aliphatic heterocycles. The highest BCUT2D eigenvalue weighted by atomic mass is 16.3. The second-order valence-electron chi connectivity index (χ2n) is 6.04. The molecule has 1 aromatic carbocycles. The van der Waals surface area contributed by atoms with Crippen LogP contribution in [0.3, 0.4) is 0 Å². The molecule has 2 heterocycles. The van der Waals surface area contributed by atoms with Gasteiger partial charge in [-0.05, 0) is 25.0 Å². The molecule has 1 saturated carbocycles. The van der Waals surface area contributed by atoms with Crippen LogP contribution < -0.4 is 5.32 Å². The second-order valence-corrected chi connectivity index (χ2v) is 6.04. The zero-order valence-corrected chi connectivity index (χ0v) is 13.1. The van der Waals surface area contributed by atoms with E-state index in [-0.39, 0.29) is 0 Å². The van der Waals surface area contributed by atoms with Crippen molar-refractivity contribution in [2.24, 2.45) is 0 Å². The third-order valence-corrected chi connectivity index (χ3v) is 4.38. The molecule has 3 aromatic rings. The molecule has 6 heteroatoms. The highest BCUT2D eigenvalue weighted by Crippen LogP contribution is 2.27. The number of hydrogen-bond donors (Lipinski definition) is 1. The van der Waals surface area contributed by atoms with Crippen LogP contribution in [0.25, 0.3) is 11.1 Å². The Morgan fingerprint density at radius 2 is 2.04 bits per heavy atom. The number of benzene rings is 1. The first-order valence-corrected chi connectivity index (χ1v) is 8.17. The molecular formula is C18H17N5O. The summed E-state index contributed by atoms with van der Waals surface area (Å²) >= 11 is 0. The Kier molecular flexibility index (Phi) is 3.83. The Morgan fingerprint density at radius 1 is 1.21 bits per heavy atom. The summed E-state index contributed by atoms with van der Waals surface area (Å²) in [4.78, 5) is 13.0. The maximum Gasteiger partial charge on any atom is 0.219 e. The molecule has 1 aliphatic carbocycles. The molecule has 1 aliphatic rings. The predicted octanol–water partition coefficient (Wildman–Crippen LogP) is 3.63. The first kappa shape index (κ1) is 14.6. The molecule has 24 heavy (non-hydrogen) atoms. The highest BCUT2D eigenvalue weighted by Gasteiger charge is 2.23. The van der Waals surface area contributed by atoms with Gasteiger partial charge in [0.2, 0.25) is 5.89 Å². The molecule has 0 spiro atoms. The fourth-order valence-corrected chi connectivity index (χ4v) is 3.15. The number of nitriles is 1. The van der Waals surface area contributed by atoms with E-state index in [2.05, 4.69) is 26.3 Å². The fraction of sp³-hybridized carbons (Fsp3) is 0.333. The van der Waals surface area contributed by atoms with Crippen LogP contribution in [0, 0.1) is 11.3 Å². The van der Waals surface area contributed by atoms with Gasteiger partial charge in [-0.2, -0.15) is 5.26 Å². The Hall–Kier alpha value is -2.94. The monoisotopic (exact) mass is 319 g/mol. The van der Waals surface area contributed by atoms with Crippen molar-refractivity contribution in [3.8, 4) is 6.07 Å². The first-order valence-electron chi connectivity index (χ1n) is 8.17. The van der Waals surface area contributed by atoms with Crippen LogP contribution in [0.1, 0.15) is 43.2 Å². The molecule has 1 N–H and O–H groups in total. The van der Waals surface area contributed by atoms with Gasteiger partial charge in [-0.1, -0.05) is 25.0 Å².